The first kappa shape index (κ1) is 13.6. The van der Waals surface area contributed by atoms with E-state index in [4.69, 9.17) is 14.2 Å². The number of carbonyl (C=O) groups is 1. The van der Waals surface area contributed by atoms with Gasteiger partial charge in [-0.25, -0.2) is 0 Å². The van der Waals surface area contributed by atoms with Crippen LogP contribution in [0.15, 0.2) is 42.5 Å². The molecule has 1 heterocycles. The van der Waals surface area contributed by atoms with Gasteiger partial charge in [0, 0.05) is 5.56 Å². The summed E-state index contributed by atoms with van der Waals surface area (Å²) in [6.07, 6.45) is 0. The van der Waals surface area contributed by atoms with Crippen molar-refractivity contribution in [2.75, 3.05) is 13.4 Å². The summed E-state index contributed by atoms with van der Waals surface area (Å²) in [6, 6.07) is 13.1. The molecule has 0 atom stereocenters. The van der Waals surface area contributed by atoms with Gasteiger partial charge >= 0.3 is 0 Å². The van der Waals surface area contributed by atoms with Crippen LogP contribution >= 0.6 is 0 Å². The first-order valence-corrected chi connectivity index (χ1v) is 6.78. The minimum absolute atomic E-state index is 0.0144. The summed E-state index contributed by atoms with van der Waals surface area (Å²) in [6.45, 7) is 2.65. The second kappa shape index (κ2) is 5.97. The Labute approximate surface area is 123 Å². The molecule has 0 bridgehead atoms. The first-order chi connectivity index (χ1) is 10.2. The van der Waals surface area contributed by atoms with Crippen molar-refractivity contribution in [1.82, 2.24) is 0 Å². The van der Waals surface area contributed by atoms with Gasteiger partial charge in [0.15, 0.2) is 17.3 Å². The monoisotopic (exact) mass is 284 g/mol. The Hall–Kier alpha value is -2.33. The van der Waals surface area contributed by atoms with Gasteiger partial charge in [-0.2, -0.15) is 0 Å². The summed E-state index contributed by atoms with van der Waals surface area (Å²) in [4.78, 5) is 12.0. The summed E-state index contributed by atoms with van der Waals surface area (Å²) in [5, 5.41) is 0. The van der Waals surface area contributed by atoms with Gasteiger partial charge in [0.2, 0.25) is 6.79 Å². The Kier molecular flexibility index (Phi) is 3.88. The molecule has 0 aliphatic carbocycles. The zero-order valence-corrected chi connectivity index (χ0v) is 11.8. The van der Waals surface area contributed by atoms with Crippen LogP contribution in [-0.4, -0.2) is 19.2 Å². The Balaban J connectivity index is 1.55. The molecule has 3 rings (SSSR count). The third kappa shape index (κ3) is 3.23. The lowest BCUT2D eigenvalue weighted by Gasteiger charge is -2.05. The molecule has 0 aromatic heterocycles. The highest BCUT2D eigenvalue weighted by atomic mass is 16.7. The number of benzene rings is 2. The number of aryl methyl sites for hydroxylation is 1. The summed E-state index contributed by atoms with van der Waals surface area (Å²) in [5.41, 5.74) is 2.70. The van der Waals surface area contributed by atoms with Crippen LogP contribution in [0.3, 0.4) is 0 Å². The highest BCUT2D eigenvalue weighted by Crippen LogP contribution is 2.32. The summed E-state index contributed by atoms with van der Waals surface area (Å²) in [7, 11) is 0. The molecule has 0 amide bonds. The third-order valence-corrected chi connectivity index (χ3v) is 3.28. The molecular formula is C17H16O4. The first-order valence-electron chi connectivity index (χ1n) is 6.78. The summed E-state index contributed by atoms with van der Waals surface area (Å²) >= 11 is 0. The molecular weight excluding hydrogens is 268 g/mol. The lowest BCUT2D eigenvalue weighted by molar-refractivity contribution is 0.0726. The number of ketones is 1. The van der Waals surface area contributed by atoms with E-state index < -0.39 is 0 Å². The quantitative estimate of drug-likeness (QED) is 0.791. The number of rotatable bonds is 5. The number of carbonyl (C=O) groups excluding carboxylic acids is 1. The highest BCUT2D eigenvalue weighted by molar-refractivity contribution is 5.97. The van der Waals surface area contributed by atoms with E-state index in [1.165, 1.54) is 0 Å². The molecule has 0 radical (unpaired) electrons. The molecule has 0 fully saturated rings. The van der Waals surface area contributed by atoms with Crippen LogP contribution in [0.4, 0.5) is 0 Å². The number of Topliss-reactive ketones (excluding diaryl/α,β-unsaturated/α-hetero) is 1. The summed E-state index contributed by atoms with van der Waals surface area (Å²) in [5.74, 6) is 1.45. The van der Waals surface area contributed by atoms with Crippen LogP contribution in [-0.2, 0) is 11.3 Å². The molecule has 0 N–H and O–H groups in total. The fourth-order valence-corrected chi connectivity index (χ4v) is 2.19. The molecule has 4 heteroatoms. The van der Waals surface area contributed by atoms with Crippen molar-refractivity contribution in [3.63, 3.8) is 0 Å². The van der Waals surface area contributed by atoms with Crippen molar-refractivity contribution in [3.05, 3.63) is 59.2 Å². The van der Waals surface area contributed by atoms with Crippen molar-refractivity contribution in [2.45, 2.75) is 13.5 Å². The third-order valence-electron chi connectivity index (χ3n) is 3.28. The van der Waals surface area contributed by atoms with Crippen LogP contribution in [0, 0.1) is 6.92 Å². The molecule has 1 aliphatic heterocycles. The Morgan fingerprint density at radius 2 is 2.00 bits per heavy atom. The minimum atomic E-state index is -0.0144. The van der Waals surface area contributed by atoms with E-state index in [9.17, 15) is 4.79 Å². The van der Waals surface area contributed by atoms with Gasteiger partial charge in [-0.1, -0.05) is 29.8 Å². The summed E-state index contributed by atoms with van der Waals surface area (Å²) < 4.78 is 16.0. The fraction of sp³-hybridized carbons (Fsp3) is 0.235. The van der Waals surface area contributed by atoms with E-state index in [-0.39, 0.29) is 19.2 Å². The molecule has 0 unspecified atom stereocenters. The van der Waals surface area contributed by atoms with Crippen LogP contribution in [0.25, 0.3) is 0 Å². The number of hydrogen-bond donors (Lipinski definition) is 0. The maximum absolute atomic E-state index is 12.0. The van der Waals surface area contributed by atoms with E-state index in [0.29, 0.717) is 12.2 Å². The minimum Gasteiger partial charge on any atom is -0.454 e. The maximum Gasteiger partial charge on any atom is 0.231 e. The Morgan fingerprint density at radius 3 is 2.86 bits per heavy atom. The highest BCUT2D eigenvalue weighted by Gasteiger charge is 2.13. The molecule has 4 nitrogen and oxygen atoms in total. The smallest absolute Gasteiger partial charge is 0.231 e. The van der Waals surface area contributed by atoms with Crippen molar-refractivity contribution in [2.24, 2.45) is 0 Å². The van der Waals surface area contributed by atoms with E-state index >= 15 is 0 Å². The number of ether oxygens (including phenoxy) is 3. The second-order valence-electron chi connectivity index (χ2n) is 4.97. The van der Waals surface area contributed by atoms with Crippen LogP contribution < -0.4 is 9.47 Å². The normalized spacial score (nSPS) is 12.4. The zero-order valence-electron chi connectivity index (χ0n) is 11.8. The molecule has 2 aromatic carbocycles. The number of fused-ring (bicyclic) bond motifs is 1. The fourth-order valence-electron chi connectivity index (χ4n) is 2.19. The standard InChI is InChI=1S/C17H16O4/c1-12-3-2-4-14(7-12)15(18)10-19-9-13-5-6-16-17(8-13)21-11-20-16/h2-8H,9-11H2,1H3. The second-order valence-corrected chi connectivity index (χ2v) is 4.97. The van der Waals surface area contributed by atoms with Crippen LogP contribution in [0.5, 0.6) is 11.5 Å². The molecule has 0 spiro atoms. The Bertz CT molecular complexity index is 664. The average molecular weight is 284 g/mol. The topological polar surface area (TPSA) is 44.8 Å². The molecule has 1 aliphatic rings. The van der Waals surface area contributed by atoms with Crippen molar-refractivity contribution in [3.8, 4) is 11.5 Å². The van der Waals surface area contributed by atoms with Gasteiger partial charge in [0.1, 0.15) is 6.61 Å². The van der Waals surface area contributed by atoms with Crippen LogP contribution in [0.1, 0.15) is 21.5 Å². The molecule has 108 valence electrons. The molecule has 2 aromatic rings. The lowest BCUT2D eigenvalue weighted by atomic mass is 10.1. The van der Waals surface area contributed by atoms with Gasteiger partial charge in [0.25, 0.3) is 0 Å². The Morgan fingerprint density at radius 1 is 1.14 bits per heavy atom. The van der Waals surface area contributed by atoms with Crippen molar-refractivity contribution < 1.29 is 19.0 Å². The van der Waals surface area contributed by atoms with E-state index in [2.05, 4.69) is 0 Å². The van der Waals surface area contributed by atoms with Gasteiger partial charge in [-0.15, -0.1) is 0 Å². The lowest BCUT2D eigenvalue weighted by Crippen LogP contribution is -2.09. The van der Waals surface area contributed by atoms with E-state index in [1.54, 1.807) is 6.07 Å². The van der Waals surface area contributed by atoms with Crippen molar-refractivity contribution in [1.29, 1.82) is 0 Å². The average Bonchev–Trinajstić information content (AvgIpc) is 2.94. The molecule has 21 heavy (non-hydrogen) atoms. The SMILES string of the molecule is Cc1cccc(C(=O)COCc2ccc3c(c2)OCO3)c1. The molecule has 0 saturated carbocycles. The largest absolute Gasteiger partial charge is 0.454 e. The van der Waals surface area contributed by atoms with Gasteiger partial charge in [-0.3, -0.25) is 4.79 Å². The van der Waals surface area contributed by atoms with E-state index in [1.807, 2.05) is 43.3 Å². The molecule has 0 saturated heterocycles. The number of hydrogen-bond acceptors (Lipinski definition) is 4. The predicted molar refractivity (Wildman–Crippen MR) is 77.7 cm³/mol. The maximum atomic E-state index is 12.0. The van der Waals surface area contributed by atoms with Crippen molar-refractivity contribution >= 4 is 5.78 Å². The van der Waals surface area contributed by atoms with E-state index in [0.717, 1.165) is 22.6 Å². The zero-order chi connectivity index (χ0) is 14.7. The van der Waals surface area contributed by atoms with Gasteiger partial charge in [0.05, 0.1) is 6.61 Å². The van der Waals surface area contributed by atoms with Gasteiger partial charge in [-0.05, 0) is 30.7 Å². The van der Waals surface area contributed by atoms with Gasteiger partial charge < -0.3 is 14.2 Å². The predicted octanol–water partition coefficient (Wildman–Crippen LogP) is 3.12. The van der Waals surface area contributed by atoms with Crippen LogP contribution in [0.2, 0.25) is 0 Å².